The maximum atomic E-state index is 12.1. The zero-order chi connectivity index (χ0) is 11.6. The lowest BCUT2D eigenvalue weighted by molar-refractivity contribution is -0.281. The molecule has 0 bridgehead atoms. The summed E-state index contributed by atoms with van der Waals surface area (Å²) >= 11 is 0. The van der Waals surface area contributed by atoms with Crippen LogP contribution in [0.3, 0.4) is 0 Å². The molecule has 82 valence electrons. The third kappa shape index (κ3) is 2.93. The van der Waals surface area contributed by atoms with Crippen LogP contribution in [-0.2, 0) is 4.79 Å². The summed E-state index contributed by atoms with van der Waals surface area (Å²) in [6.07, 6.45) is -8.90. The molecular weight excluding hydrogens is 218 g/mol. The molecule has 0 fully saturated rings. The zero-order valence-corrected chi connectivity index (χ0v) is 6.41. The number of rotatable bonds is 3. The second-order valence-corrected chi connectivity index (χ2v) is 2.32. The van der Waals surface area contributed by atoms with Crippen LogP contribution >= 0.6 is 0 Å². The Hall–Kier alpha value is -1.21. The summed E-state index contributed by atoms with van der Waals surface area (Å²) in [6.45, 7) is 0. The van der Waals surface area contributed by atoms with Crippen molar-refractivity contribution in [3.05, 3.63) is 11.9 Å². The molecule has 8 heteroatoms. The molecule has 0 aromatic heterocycles. The first-order valence-electron chi connectivity index (χ1n) is 3.09. The molecule has 0 saturated heterocycles. The van der Waals surface area contributed by atoms with Crippen LogP contribution in [0, 0.1) is 0 Å². The van der Waals surface area contributed by atoms with Gasteiger partial charge >= 0.3 is 18.1 Å². The Morgan fingerprint density at radius 2 is 1.64 bits per heavy atom. The predicted molar refractivity (Wildman–Crippen MR) is 32.4 cm³/mol. The Labute approximate surface area is 73.8 Å². The summed E-state index contributed by atoms with van der Waals surface area (Å²) in [5.41, 5.74) is -1.63. The second kappa shape index (κ2) is 3.89. The highest BCUT2D eigenvalue weighted by Gasteiger charge is 2.57. The summed E-state index contributed by atoms with van der Waals surface area (Å²) in [5, 5.41) is 7.99. The minimum Gasteiger partial charge on any atom is -0.478 e. The minimum atomic E-state index is -5.89. The average Bonchev–Trinajstić information content (AvgIpc) is 1.97. The predicted octanol–water partition coefficient (Wildman–Crippen LogP) is 2.51. The monoisotopic (exact) mass is 222 g/mol. The largest absolute Gasteiger partial charge is 0.478 e. The van der Waals surface area contributed by atoms with Gasteiger partial charge in [0.05, 0.1) is 18.3 Å². The molecule has 0 aromatic rings. The van der Waals surface area contributed by atoms with Crippen LogP contribution in [0.4, 0.5) is 26.3 Å². The van der Waals surface area contributed by atoms with Crippen molar-refractivity contribution in [1.29, 1.82) is 0 Å². The molecule has 0 atom stereocenters. The number of carboxylic acid groups (broad SMARTS) is 1. The van der Waals surface area contributed by atoms with Gasteiger partial charge in [-0.05, 0) is 0 Å². The van der Waals surface area contributed by atoms with E-state index in [9.17, 15) is 31.1 Å². The van der Waals surface area contributed by atoms with Crippen molar-refractivity contribution in [2.75, 3.05) is 0 Å². The van der Waals surface area contributed by atoms with Gasteiger partial charge < -0.3 is 5.11 Å². The normalized spacial score (nSPS) is 14.3. The van der Waals surface area contributed by atoms with Gasteiger partial charge in [-0.1, -0.05) is 0 Å². The zero-order valence-electron chi connectivity index (χ0n) is 6.41. The molecule has 0 unspecified atom stereocenters. The Kier molecular flexibility index (Phi) is 3.55. The number of alkyl halides is 5. The lowest BCUT2D eigenvalue weighted by Gasteiger charge is -2.18. The van der Waals surface area contributed by atoms with Crippen molar-refractivity contribution in [3.8, 4) is 0 Å². The van der Waals surface area contributed by atoms with Gasteiger partial charge in [0.25, 0.3) is 0 Å². The van der Waals surface area contributed by atoms with E-state index in [1.54, 1.807) is 0 Å². The molecule has 0 heterocycles. The molecule has 0 aliphatic carbocycles. The maximum absolute atomic E-state index is 12.1. The molecule has 0 saturated carbocycles. The molecule has 2 nitrogen and oxygen atoms in total. The second-order valence-electron chi connectivity index (χ2n) is 2.32. The Balaban J connectivity index is 4.75. The number of carboxylic acids is 1. The van der Waals surface area contributed by atoms with Gasteiger partial charge in [-0.15, -0.1) is 0 Å². The van der Waals surface area contributed by atoms with Crippen molar-refractivity contribution >= 4 is 5.97 Å². The average molecular weight is 222 g/mol. The number of carbonyl (C=O) groups is 1. The van der Waals surface area contributed by atoms with Gasteiger partial charge in [-0.2, -0.15) is 22.0 Å². The summed E-state index contributed by atoms with van der Waals surface area (Å²) in [6, 6.07) is 0. The topological polar surface area (TPSA) is 37.3 Å². The fourth-order valence-electron chi connectivity index (χ4n) is 0.500. The van der Waals surface area contributed by atoms with Crippen LogP contribution in [0.1, 0.15) is 6.42 Å². The molecule has 0 spiro atoms. The molecule has 0 rings (SSSR count). The third-order valence-electron chi connectivity index (χ3n) is 1.23. The Morgan fingerprint density at radius 3 is 1.86 bits per heavy atom. The first-order valence-corrected chi connectivity index (χ1v) is 3.09. The highest BCUT2D eigenvalue weighted by atomic mass is 19.4. The fraction of sp³-hybridized carbons (Fsp3) is 0.500. The van der Waals surface area contributed by atoms with Crippen LogP contribution in [0.5, 0.6) is 0 Å². The number of aliphatic carboxylic acids is 1. The van der Waals surface area contributed by atoms with E-state index < -0.39 is 36.4 Å². The molecule has 0 amide bonds. The molecular formula is C6H4F6O2. The molecule has 14 heavy (non-hydrogen) atoms. The Morgan fingerprint density at radius 1 is 1.21 bits per heavy atom. The third-order valence-corrected chi connectivity index (χ3v) is 1.23. The van der Waals surface area contributed by atoms with Crippen molar-refractivity contribution in [2.24, 2.45) is 0 Å². The minimum absolute atomic E-state index is 0.790. The van der Waals surface area contributed by atoms with E-state index in [1.807, 2.05) is 0 Å². The van der Waals surface area contributed by atoms with Crippen LogP contribution < -0.4 is 0 Å². The Bertz CT molecular complexity index is 254. The van der Waals surface area contributed by atoms with E-state index in [0.29, 0.717) is 0 Å². The van der Waals surface area contributed by atoms with E-state index in [2.05, 4.69) is 0 Å². The summed E-state index contributed by atoms with van der Waals surface area (Å²) in [5.74, 6) is -7.40. The number of hydrogen-bond acceptors (Lipinski definition) is 1. The SMILES string of the molecule is O=C(O)C(=CF)CC(F)(F)C(F)(F)F. The van der Waals surface area contributed by atoms with Gasteiger partial charge in [0.2, 0.25) is 0 Å². The van der Waals surface area contributed by atoms with Gasteiger partial charge in [-0.3, -0.25) is 0 Å². The lowest BCUT2D eigenvalue weighted by Crippen LogP contribution is -2.37. The first kappa shape index (κ1) is 12.8. The smallest absolute Gasteiger partial charge is 0.453 e. The number of hydrogen-bond donors (Lipinski definition) is 1. The summed E-state index contributed by atoms with van der Waals surface area (Å²) < 4.78 is 70.4. The quantitative estimate of drug-likeness (QED) is 0.588. The first-order chi connectivity index (χ1) is 6.12. The summed E-state index contributed by atoms with van der Waals surface area (Å²) in [7, 11) is 0. The van der Waals surface area contributed by atoms with Crippen LogP contribution in [0.25, 0.3) is 0 Å². The van der Waals surface area contributed by atoms with E-state index >= 15 is 0 Å². The van der Waals surface area contributed by atoms with E-state index in [0.717, 1.165) is 0 Å². The highest BCUT2D eigenvalue weighted by Crippen LogP contribution is 2.39. The number of halogens is 6. The van der Waals surface area contributed by atoms with Crippen LogP contribution in [0.15, 0.2) is 11.9 Å². The fourth-order valence-corrected chi connectivity index (χ4v) is 0.500. The molecule has 0 aliphatic heterocycles. The molecule has 0 aromatic carbocycles. The highest BCUT2D eigenvalue weighted by molar-refractivity contribution is 5.86. The van der Waals surface area contributed by atoms with Crippen molar-refractivity contribution < 1.29 is 36.2 Å². The van der Waals surface area contributed by atoms with Crippen molar-refractivity contribution in [1.82, 2.24) is 0 Å². The van der Waals surface area contributed by atoms with Gasteiger partial charge in [0.1, 0.15) is 0 Å². The molecule has 0 radical (unpaired) electrons. The standard InChI is InChI=1S/C6H4F6O2/c7-2-3(4(13)14)1-5(8,9)6(10,11)12/h2H,1H2,(H,13,14). The van der Waals surface area contributed by atoms with Crippen molar-refractivity contribution in [3.63, 3.8) is 0 Å². The molecule has 1 N–H and O–H groups in total. The van der Waals surface area contributed by atoms with Crippen LogP contribution in [0.2, 0.25) is 0 Å². The van der Waals surface area contributed by atoms with Crippen molar-refractivity contribution in [2.45, 2.75) is 18.5 Å². The van der Waals surface area contributed by atoms with Crippen LogP contribution in [-0.4, -0.2) is 23.2 Å². The van der Waals surface area contributed by atoms with Gasteiger partial charge in [0, 0.05) is 0 Å². The summed E-state index contributed by atoms with van der Waals surface area (Å²) in [4.78, 5) is 9.93. The van der Waals surface area contributed by atoms with E-state index in [4.69, 9.17) is 5.11 Å². The molecule has 0 aliphatic rings. The van der Waals surface area contributed by atoms with E-state index in [1.165, 1.54) is 0 Å². The van der Waals surface area contributed by atoms with Gasteiger partial charge in [-0.25, -0.2) is 9.18 Å². The lowest BCUT2D eigenvalue weighted by atomic mass is 10.1. The van der Waals surface area contributed by atoms with E-state index in [-0.39, 0.29) is 0 Å². The maximum Gasteiger partial charge on any atom is 0.453 e. The van der Waals surface area contributed by atoms with Gasteiger partial charge in [0.15, 0.2) is 0 Å².